The third-order valence-corrected chi connectivity index (χ3v) is 3.88. The van der Waals surface area contributed by atoms with Gasteiger partial charge in [0.15, 0.2) is 0 Å². The van der Waals surface area contributed by atoms with Crippen LogP contribution in [0.5, 0.6) is 11.6 Å². The predicted octanol–water partition coefficient (Wildman–Crippen LogP) is 3.84. The van der Waals surface area contributed by atoms with Crippen molar-refractivity contribution in [2.75, 3.05) is 0 Å². The zero-order chi connectivity index (χ0) is 13.2. The molecule has 1 aliphatic carbocycles. The summed E-state index contributed by atoms with van der Waals surface area (Å²) in [6.07, 6.45) is 3.10. The second kappa shape index (κ2) is 5.17. The number of ether oxygens (including phenoxy) is 1. The number of benzene rings is 1. The van der Waals surface area contributed by atoms with Crippen molar-refractivity contribution in [1.29, 1.82) is 5.26 Å². The quantitative estimate of drug-likeness (QED) is 0.763. The molecule has 0 amide bonds. The van der Waals surface area contributed by atoms with Crippen molar-refractivity contribution in [1.82, 2.24) is 4.98 Å². The molecule has 0 N–H and O–H groups in total. The molecule has 3 nitrogen and oxygen atoms in total. The number of rotatable bonds is 2. The summed E-state index contributed by atoms with van der Waals surface area (Å²) in [6.45, 7) is 0. The van der Waals surface area contributed by atoms with E-state index in [1.165, 1.54) is 5.56 Å². The first kappa shape index (κ1) is 12.4. The second-order valence-electron chi connectivity index (χ2n) is 4.47. The van der Waals surface area contributed by atoms with Gasteiger partial charge < -0.3 is 4.74 Å². The van der Waals surface area contributed by atoms with Crippen LogP contribution in [0.2, 0.25) is 0 Å². The Hall–Kier alpha value is -1.61. The summed E-state index contributed by atoms with van der Waals surface area (Å²) in [5.41, 5.74) is 2.77. The first-order valence-corrected chi connectivity index (χ1v) is 7.20. The van der Waals surface area contributed by atoms with Gasteiger partial charge in [0.05, 0.1) is 0 Å². The summed E-state index contributed by atoms with van der Waals surface area (Å²) in [5.74, 6) is 1.13. The van der Waals surface area contributed by atoms with Crippen LogP contribution in [0.3, 0.4) is 0 Å². The maximum Gasteiger partial charge on any atom is 0.237 e. The Balaban J connectivity index is 1.96. The molecule has 3 rings (SSSR count). The summed E-state index contributed by atoms with van der Waals surface area (Å²) in [6, 6.07) is 11.8. The molecule has 2 aromatic rings. The van der Waals surface area contributed by atoms with Crippen molar-refractivity contribution in [2.24, 2.45) is 0 Å². The lowest BCUT2D eigenvalue weighted by atomic mass is 10.1. The lowest BCUT2D eigenvalue weighted by Gasteiger charge is -2.08. The predicted molar refractivity (Wildman–Crippen MR) is 80.2 cm³/mol. The molecule has 0 saturated heterocycles. The van der Waals surface area contributed by atoms with Gasteiger partial charge in [-0.05, 0) is 77.7 Å². The van der Waals surface area contributed by atoms with Crippen LogP contribution in [0.1, 0.15) is 23.2 Å². The Kier molecular flexibility index (Phi) is 3.38. The van der Waals surface area contributed by atoms with Crippen molar-refractivity contribution in [3.05, 3.63) is 50.7 Å². The van der Waals surface area contributed by atoms with Gasteiger partial charge in [-0.2, -0.15) is 5.26 Å². The fourth-order valence-corrected chi connectivity index (χ4v) is 2.58. The first-order chi connectivity index (χ1) is 9.26. The molecule has 4 heteroatoms. The number of hydrogen-bond acceptors (Lipinski definition) is 3. The molecule has 0 atom stereocenters. The van der Waals surface area contributed by atoms with Gasteiger partial charge in [-0.25, -0.2) is 4.98 Å². The number of pyridine rings is 1. The highest BCUT2D eigenvalue weighted by Gasteiger charge is 2.17. The van der Waals surface area contributed by atoms with Gasteiger partial charge in [0.2, 0.25) is 5.88 Å². The van der Waals surface area contributed by atoms with Crippen LogP contribution in [-0.4, -0.2) is 4.98 Å². The highest BCUT2D eigenvalue weighted by atomic mass is 127. The van der Waals surface area contributed by atoms with Gasteiger partial charge in [-0.15, -0.1) is 0 Å². The number of halogens is 1. The van der Waals surface area contributed by atoms with Gasteiger partial charge in [0.1, 0.15) is 17.4 Å². The lowest BCUT2D eigenvalue weighted by molar-refractivity contribution is 0.459. The Morgan fingerprint density at radius 2 is 2.00 bits per heavy atom. The minimum Gasteiger partial charge on any atom is -0.438 e. The fourth-order valence-electron chi connectivity index (χ4n) is 2.23. The standard InChI is InChI=1S/C15H11IN2O/c16-12-4-6-13(7-5-12)19-15-11(9-17)8-10-2-1-3-14(10)18-15/h4-8H,1-3H2. The van der Waals surface area contributed by atoms with Gasteiger partial charge in [0.25, 0.3) is 0 Å². The summed E-state index contributed by atoms with van der Waals surface area (Å²) >= 11 is 2.24. The molecular formula is C15H11IN2O. The van der Waals surface area contributed by atoms with E-state index in [2.05, 4.69) is 33.6 Å². The zero-order valence-corrected chi connectivity index (χ0v) is 12.3. The highest BCUT2D eigenvalue weighted by Crippen LogP contribution is 2.29. The van der Waals surface area contributed by atoms with Crippen LogP contribution in [0.4, 0.5) is 0 Å². The van der Waals surface area contributed by atoms with Gasteiger partial charge >= 0.3 is 0 Å². The molecule has 94 valence electrons. The average Bonchev–Trinajstić information content (AvgIpc) is 2.87. The number of aromatic nitrogens is 1. The van der Waals surface area contributed by atoms with Crippen molar-refractivity contribution in [2.45, 2.75) is 19.3 Å². The highest BCUT2D eigenvalue weighted by molar-refractivity contribution is 14.1. The van der Waals surface area contributed by atoms with E-state index in [4.69, 9.17) is 4.74 Å². The van der Waals surface area contributed by atoms with E-state index in [9.17, 15) is 5.26 Å². The molecule has 0 bridgehead atoms. The maximum absolute atomic E-state index is 9.20. The fraction of sp³-hybridized carbons (Fsp3) is 0.200. The van der Waals surface area contributed by atoms with E-state index in [0.29, 0.717) is 17.2 Å². The van der Waals surface area contributed by atoms with Crippen molar-refractivity contribution >= 4 is 22.6 Å². The number of nitrogens with zero attached hydrogens (tertiary/aromatic N) is 2. The summed E-state index contributed by atoms with van der Waals surface area (Å²) in [7, 11) is 0. The average molecular weight is 362 g/mol. The first-order valence-electron chi connectivity index (χ1n) is 6.12. The smallest absolute Gasteiger partial charge is 0.237 e. The number of fused-ring (bicyclic) bond motifs is 1. The number of nitriles is 1. The molecule has 0 radical (unpaired) electrons. The van der Waals surface area contributed by atoms with Crippen LogP contribution in [0.15, 0.2) is 30.3 Å². The molecule has 19 heavy (non-hydrogen) atoms. The monoisotopic (exact) mass is 362 g/mol. The van der Waals surface area contributed by atoms with Crippen LogP contribution < -0.4 is 4.74 Å². The minimum absolute atomic E-state index is 0.421. The van der Waals surface area contributed by atoms with Gasteiger partial charge in [-0.1, -0.05) is 0 Å². The van der Waals surface area contributed by atoms with Crippen LogP contribution in [-0.2, 0) is 12.8 Å². The zero-order valence-electron chi connectivity index (χ0n) is 10.2. The molecule has 1 aromatic carbocycles. The normalized spacial score (nSPS) is 12.8. The molecule has 0 spiro atoms. The van der Waals surface area contributed by atoms with Gasteiger partial charge in [-0.3, -0.25) is 0 Å². The van der Waals surface area contributed by atoms with E-state index in [1.807, 2.05) is 30.3 Å². The third kappa shape index (κ3) is 2.56. The van der Waals surface area contributed by atoms with E-state index in [-0.39, 0.29) is 0 Å². The molecule has 1 heterocycles. The van der Waals surface area contributed by atoms with Crippen molar-refractivity contribution in [3.63, 3.8) is 0 Å². The van der Waals surface area contributed by atoms with Gasteiger partial charge in [0, 0.05) is 9.26 Å². The molecular weight excluding hydrogens is 351 g/mol. The molecule has 0 aliphatic heterocycles. The minimum atomic E-state index is 0.421. The Bertz CT molecular complexity index is 659. The lowest BCUT2D eigenvalue weighted by Crippen LogP contribution is -1.97. The molecule has 1 aromatic heterocycles. The number of hydrogen-bond donors (Lipinski definition) is 0. The maximum atomic E-state index is 9.20. The van der Waals surface area contributed by atoms with E-state index in [0.717, 1.165) is 28.5 Å². The summed E-state index contributed by atoms with van der Waals surface area (Å²) < 4.78 is 6.89. The largest absolute Gasteiger partial charge is 0.438 e. The Morgan fingerprint density at radius 3 is 2.74 bits per heavy atom. The summed E-state index contributed by atoms with van der Waals surface area (Å²) in [4.78, 5) is 4.50. The van der Waals surface area contributed by atoms with E-state index < -0.39 is 0 Å². The molecule has 1 aliphatic rings. The molecule has 0 saturated carbocycles. The Morgan fingerprint density at radius 1 is 1.21 bits per heavy atom. The Labute approximate surface area is 125 Å². The van der Waals surface area contributed by atoms with Crippen LogP contribution in [0.25, 0.3) is 0 Å². The van der Waals surface area contributed by atoms with Crippen LogP contribution in [0, 0.1) is 14.9 Å². The van der Waals surface area contributed by atoms with E-state index in [1.54, 1.807) is 0 Å². The topological polar surface area (TPSA) is 45.9 Å². The molecule has 0 unspecified atom stereocenters. The number of aryl methyl sites for hydroxylation is 2. The summed E-state index contributed by atoms with van der Waals surface area (Å²) in [5, 5.41) is 9.20. The SMILES string of the molecule is N#Cc1cc2c(nc1Oc1ccc(I)cc1)CCC2. The molecule has 0 fully saturated rings. The third-order valence-electron chi connectivity index (χ3n) is 3.16. The van der Waals surface area contributed by atoms with Crippen LogP contribution >= 0.6 is 22.6 Å². The second-order valence-corrected chi connectivity index (χ2v) is 5.71. The van der Waals surface area contributed by atoms with E-state index >= 15 is 0 Å². The van der Waals surface area contributed by atoms with Crippen molar-refractivity contribution < 1.29 is 4.74 Å². The van der Waals surface area contributed by atoms with Crippen molar-refractivity contribution in [3.8, 4) is 17.7 Å².